The Kier molecular flexibility index (Phi) is 24.3. The predicted molar refractivity (Wildman–Crippen MR) is 318 cm³/mol. The molecule has 8 rings (SSSR count). The first-order valence-electron chi connectivity index (χ1n) is 30.7. The molecule has 2 aromatic rings. The zero-order chi connectivity index (χ0) is 64.3. The molecule has 29 nitrogen and oxygen atoms in total. The van der Waals surface area contributed by atoms with E-state index in [-0.39, 0.29) is 54.3 Å². The number of aliphatic hydroxyl groups excluding tert-OH is 6. The number of β-amino-alcohol motifs (C(OH)–C–C–N with tert-alkyl or cyclic N) is 1. The second-order valence-corrected chi connectivity index (χ2v) is 25.0. The quantitative estimate of drug-likeness (QED) is 0.0355. The van der Waals surface area contributed by atoms with E-state index < -0.39 is 158 Å². The van der Waals surface area contributed by atoms with Gasteiger partial charge in [0, 0.05) is 95.4 Å². The number of carbonyl (C=O) groups excluding carboxylic acids is 7. The average molecular weight is 1270 g/mol. The molecule has 2 aliphatic carbocycles. The second-order valence-electron chi connectivity index (χ2n) is 24.6. The molecule has 15 N–H and O–H groups in total. The standard InChI is InChI=1S/C59H88N10O19S/c1-32-30-69-50(51(32)76)56(81)61-29-39(71)27-41(62-52(77)35-10-12-37(13-11-35)66-21-23-67(24-22-66)38-15-18-59(85-3,19-16-38)36-7-5-4-6-8-36)53(78)63-47(33(2)70)57(82)68-31-40(72)28-42(68)54(79)64-48(55(80)65-49(58(69)83)44(74)17-20-60)45(75)25-34-9-14-43(73)46(26-34)86-89-88-87-84/h9-14,26,32-33,36,38-42,44-45,47-51,70-76,84H,4-8,15-25,27-31,60H2,1-3H3,(H,61,81)(H,62,77)(H,63,78)(H,64,79)(H,65,80)/t32-,33+,38?,39+,40+,41+,42+,44-,45-,47+,48+,49+,50+,51+,59?/m1/s1. The van der Waals surface area contributed by atoms with Gasteiger partial charge in [0.1, 0.15) is 36.3 Å². The highest BCUT2D eigenvalue weighted by molar-refractivity contribution is 7.90. The minimum Gasteiger partial charge on any atom is -0.504 e. The zero-order valence-corrected chi connectivity index (χ0v) is 51.2. The van der Waals surface area contributed by atoms with Crippen LogP contribution in [0.25, 0.3) is 0 Å². The van der Waals surface area contributed by atoms with Gasteiger partial charge < -0.3 is 91.7 Å². The molecule has 30 heteroatoms. The maximum atomic E-state index is 14.7. The molecule has 13 atom stereocenters. The van der Waals surface area contributed by atoms with Crippen LogP contribution in [0.3, 0.4) is 0 Å². The number of hydrogen-bond acceptors (Lipinski definition) is 23. The van der Waals surface area contributed by atoms with Crippen LogP contribution in [0.5, 0.6) is 11.5 Å². The number of phenols is 1. The van der Waals surface area contributed by atoms with Crippen molar-refractivity contribution >= 4 is 59.4 Å². The molecule has 7 amide bonds. The van der Waals surface area contributed by atoms with E-state index in [0.29, 0.717) is 12.0 Å². The van der Waals surface area contributed by atoms with Gasteiger partial charge in [-0.1, -0.05) is 41.6 Å². The van der Waals surface area contributed by atoms with Gasteiger partial charge in [0.25, 0.3) is 18.2 Å². The van der Waals surface area contributed by atoms with Crippen molar-refractivity contribution in [1.29, 1.82) is 0 Å². The van der Waals surface area contributed by atoms with Crippen LogP contribution in [0, 0.1) is 11.8 Å². The fraction of sp³-hybridized carbons (Fsp3) is 0.678. The lowest BCUT2D eigenvalue weighted by atomic mass is 9.68. The number of aliphatic hydroxyl groups is 6. The maximum Gasteiger partial charge on any atom is 0.261 e. The Morgan fingerprint density at radius 3 is 2.10 bits per heavy atom. The van der Waals surface area contributed by atoms with Crippen molar-refractivity contribution in [3.8, 4) is 11.5 Å². The highest BCUT2D eigenvalue weighted by Crippen LogP contribution is 2.45. The molecular formula is C59H88N10O19S. The van der Waals surface area contributed by atoms with E-state index in [2.05, 4.69) is 45.8 Å². The SMILES string of the molecule is COC1(C2CCCCC2)CCC(N2CCN(c3ccc(C(=O)N[C@H]4C[C@H](O)CNC(=O)[C@@H]5[C@@H](O)[C@H](C)CN5C(=O)[C@H]([C@H](O)CCN)NC(=O)[C@H]([C@H](O)Cc5ccc(O)c(OSOOO)c5)NC(=O)[C@@H]5C[C@H](O)CN5C(=O)[C@H]([C@H](C)O)NC4=O)cc3)CC2)CC1. The second kappa shape index (κ2) is 31.4. The fourth-order valence-corrected chi connectivity index (χ4v) is 14.0. The van der Waals surface area contributed by atoms with Crippen LogP contribution in [0.2, 0.25) is 0 Å². The summed E-state index contributed by atoms with van der Waals surface area (Å²) in [6.45, 7) is 4.22. The predicted octanol–water partition coefficient (Wildman–Crippen LogP) is -1.92. The first kappa shape index (κ1) is 68.9. The Morgan fingerprint density at radius 1 is 0.787 bits per heavy atom. The summed E-state index contributed by atoms with van der Waals surface area (Å²) in [5, 5.41) is 103. The molecule has 0 bridgehead atoms. The van der Waals surface area contributed by atoms with E-state index >= 15 is 0 Å². The number of methoxy groups -OCH3 is 1. The third-order valence-electron chi connectivity index (χ3n) is 18.7. The Balaban J connectivity index is 1.03. The molecule has 4 saturated heterocycles. The number of amides is 7. The van der Waals surface area contributed by atoms with Crippen molar-refractivity contribution < 1.29 is 92.9 Å². The number of rotatable bonds is 17. The van der Waals surface area contributed by atoms with Gasteiger partial charge in [-0.05, 0) is 106 Å². The smallest absolute Gasteiger partial charge is 0.261 e. The number of phenolic OH excluding ortho intramolecular Hbond substituents is 1. The van der Waals surface area contributed by atoms with E-state index in [1.54, 1.807) is 24.3 Å². The van der Waals surface area contributed by atoms with Gasteiger partial charge in [-0.2, -0.15) is 0 Å². The van der Waals surface area contributed by atoms with Crippen LogP contribution in [-0.4, -0.2) is 241 Å². The summed E-state index contributed by atoms with van der Waals surface area (Å²) in [5.41, 5.74) is 6.90. The van der Waals surface area contributed by atoms with Crippen molar-refractivity contribution in [1.82, 2.24) is 41.3 Å². The average Bonchev–Trinajstić information content (AvgIpc) is 2.12. The molecule has 2 saturated carbocycles. The van der Waals surface area contributed by atoms with Crippen molar-refractivity contribution in [2.75, 3.05) is 64.4 Å². The number of anilines is 1. The van der Waals surface area contributed by atoms with Crippen LogP contribution >= 0.6 is 12.3 Å². The number of carbonyl (C=O) groups is 7. The number of fused-ring (bicyclic) bond motifs is 2. The van der Waals surface area contributed by atoms with Crippen molar-refractivity contribution in [3.05, 3.63) is 53.6 Å². The minimum absolute atomic E-state index is 0.0300. The Hall–Kier alpha value is -6.00. The maximum absolute atomic E-state index is 14.7. The van der Waals surface area contributed by atoms with Crippen LogP contribution < -0.4 is 41.4 Å². The number of hydrogen-bond donors (Lipinski definition) is 14. The molecule has 89 heavy (non-hydrogen) atoms. The first-order chi connectivity index (χ1) is 42.6. The third kappa shape index (κ3) is 16.8. The molecule has 6 aliphatic rings. The summed E-state index contributed by atoms with van der Waals surface area (Å²) < 4.78 is 15.6. The van der Waals surface area contributed by atoms with Crippen molar-refractivity contribution in [2.45, 2.75) is 182 Å². The summed E-state index contributed by atoms with van der Waals surface area (Å²) in [6, 6.07) is -0.138. The summed E-state index contributed by atoms with van der Waals surface area (Å²) in [6.07, 6.45) is -1.39. The van der Waals surface area contributed by atoms with E-state index in [4.69, 9.17) is 19.9 Å². The number of nitrogens with two attached hydrogens (primary N) is 1. The molecule has 494 valence electrons. The van der Waals surface area contributed by atoms with Crippen molar-refractivity contribution in [3.63, 3.8) is 0 Å². The molecule has 6 fully saturated rings. The van der Waals surface area contributed by atoms with Gasteiger partial charge in [-0.15, -0.1) is 0 Å². The van der Waals surface area contributed by atoms with E-state index in [1.165, 1.54) is 51.2 Å². The lowest BCUT2D eigenvalue weighted by molar-refractivity contribution is -0.433. The van der Waals surface area contributed by atoms with Crippen LogP contribution in [0.15, 0.2) is 42.5 Å². The number of aromatic hydroxyl groups is 1. The van der Waals surface area contributed by atoms with E-state index in [0.717, 1.165) is 80.3 Å². The number of nitrogens with zero attached hydrogens (tertiary/aromatic N) is 4. The number of benzene rings is 2. The third-order valence-corrected chi connectivity index (χ3v) is 19.1. The molecule has 0 radical (unpaired) electrons. The monoisotopic (exact) mass is 1270 g/mol. The molecule has 2 aromatic carbocycles. The summed E-state index contributed by atoms with van der Waals surface area (Å²) in [4.78, 5) is 108. The molecule has 0 unspecified atom stereocenters. The van der Waals surface area contributed by atoms with Crippen molar-refractivity contribution in [2.24, 2.45) is 17.6 Å². The van der Waals surface area contributed by atoms with Crippen LogP contribution in [0.1, 0.15) is 107 Å². The van der Waals surface area contributed by atoms with Gasteiger partial charge in [0.15, 0.2) is 11.5 Å². The molecule has 0 aromatic heterocycles. The van der Waals surface area contributed by atoms with Crippen LogP contribution in [-0.2, 0) is 49.3 Å². The molecular weight excluding hydrogens is 1180 g/mol. The molecule has 0 spiro atoms. The first-order valence-corrected chi connectivity index (χ1v) is 31.4. The zero-order valence-electron chi connectivity index (χ0n) is 50.4. The van der Waals surface area contributed by atoms with Gasteiger partial charge in [0.05, 0.1) is 42.2 Å². The van der Waals surface area contributed by atoms with E-state index in [9.17, 15) is 69.3 Å². The Morgan fingerprint density at radius 2 is 1.45 bits per heavy atom. The van der Waals surface area contributed by atoms with E-state index in [1.807, 2.05) is 7.11 Å². The Labute approximate surface area is 520 Å². The largest absolute Gasteiger partial charge is 0.504 e. The number of piperazine rings is 1. The minimum atomic E-state index is -2.09. The van der Waals surface area contributed by atoms with Gasteiger partial charge in [-0.3, -0.25) is 38.5 Å². The van der Waals surface area contributed by atoms with Gasteiger partial charge >= 0.3 is 0 Å². The lowest BCUT2D eigenvalue weighted by Crippen LogP contribution is -2.64. The lowest BCUT2D eigenvalue weighted by Gasteiger charge is -2.49. The molecule has 4 heterocycles. The fourth-order valence-electron chi connectivity index (χ4n) is 13.7. The number of ether oxygens (including phenoxy) is 1. The normalized spacial score (nSPS) is 31.3. The Bertz CT molecular complexity index is 2750. The summed E-state index contributed by atoms with van der Waals surface area (Å²) in [5.74, 6) is -8.44. The van der Waals surface area contributed by atoms with Crippen LogP contribution in [0.4, 0.5) is 5.69 Å². The van der Waals surface area contributed by atoms with Gasteiger partial charge in [0.2, 0.25) is 35.4 Å². The number of nitrogens with one attached hydrogen (secondary N) is 5. The summed E-state index contributed by atoms with van der Waals surface area (Å²) >= 11 is 0.0890. The summed E-state index contributed by atoms with van der Waals surface area (Å²) in [7, 11) is 1.88. The molecule has 4 aliphatic heterocycles. The topological polar surface area (TPSA) is 417 Å². The highest BCUT2D eigenvalue weighted by Gasteiger charge is 2.50. The highest BCUT2D eigenvalue weighted by atomic mass is 32.2. The van der Waals surface area contributed by atoms with Gasteiger partial charge in [-0.25, -0.2) is 5.26 Å².